The fraction of sp³-hybridized carbons (Fsp3) is 0.333. The summed E-state index contributed by atoms with van der Waals surface area (Å²) in [5.74, 6) is 0.672. The Kier molecular flexibility index (Phi) is 3.85. The topological polar surface area (TPSA) is 29.5 Å². The van der Waals surface area contributed by atoms with Gasteiger partial charge in [-0.1, -0.05) is 12.1 Å². The molecule has 0 amide bonds. The van der Waals surface area contributed by atoms with E-state index in [1.807, 2.05) is 0 Å². The quantitative estimate of drug-likeness (QED) is 0.794. The lowest BCUT2D eigenvalue weighted by Gasteiger charge is -2.12. The van der Waals surface area contributed by atoms with Crippen molar-refractivity contribution in [3.63, 3.8) is 0 Å². The molecule has 1 unspecified atom stereocenters. The molecule has 0 bridgehead atoms. The van der Waals surface area contributed by atoms with Crippen molar-refractivity contribution in [1.82, 2.24) is 0 Å². The fourth-order valence-corrected chi connectivity index (χ4v) is 1.26. The summed E-state index contributed by atoms with van der Waals surface area (Å²) < 4.78 is 4.99. The number of halogens is 2. The first-order valence-corrected chi connectivity index (χ1v) is 4.62. The lowest BCUT2D eigenvalue weighted by Crippen LogP contribution is -2.05. The molecule has 72 valence electrons. The minimum absolute atomic E-state index is 0.648. The van der Waals surface area contributed by atoms with Gasteiger partial charge >= 0.3 is 0 Å². The smallest absolute Gasteiger partial charge is 0.137 e. The first-order valence-electron chi connectivity index (χ1n) is 3.75. The van der Waals surface area contributed by atoms with E-state index in [1.165, 1.54) is 0 Å². The summed E-state index contributed by atoms with van der Waals surface area (Å²) >= 11 is 11.1. The van der Waals surface area contributed by atoms with E-state index in [1.54, 1.807) is 31.4 Å². The Labute approximate surface area is 87.0 Å². The summed E-state index contributed by atoms with van der Waals surface area (Å²) in [6.45, 7) is 0. The molecule has 0 saturated heterocycles. The minimum atomic E-state index is -0.876. The van der Waals surface area contributed by atoms with Gasteiger partial charge in [0.1, 0.15) is 16.7 Å². The highest BCUT2D eigenvalue weighted by Gasteiger charge is 2.15. The van der Waals surface area contributed by atoms with Crippen molar-refractivity contribution >= 4 is 23.2 Å². The second-order valence-corrected chi connectivity index (χ2v) is 3.72. The molecule has 1 N–H and O–H groups in total. The first kappa shape index (κ1) is 10.6. The molecule has 13 heavy (non-hydrogen) atoms. The number of aliphatic hydroxyl groups excluding tert-OH is 1. The molecule has 0 radical (unpaired) electrons. The Balaban J connectivity index is 2.88. The third-order valence-corrected chi connectivity index (χ3v) is 2.15. The van der Waals surface area contributed by atoms with Gasteiger partial charge in [0.25, 0.3) is 0 Å². The van der Waals surface area contributed by atoms with E-state index in [0.717, 1.165) is 0 Å². The summed E-state index contributed by atoms with van der Waals surface area (Å²) in [6.07, 6.45) is -0.876. The second-order valence-electron chi connectivity index (χ2n) is 2.56. The fourth-order valence-electron chi connectivity index (χ4n) is 0.971. The van der Waals surface area contributed by atoms with E-state index in [2.05, 4.69) is 0 Å². The zero-order valence-electron chi connectivity index (χ0n) is 7.08. The van der Waals surface area contributed by atoms with Crippen LogP contribution in [0.5, 0.6) is 5.75 Å². The van der Waals surface area contributed by atoms with E-state index in [-0.39, 0.29) is 0 Å². The molecule has 0 heterocycles. The highest BCUT2D eigenvalue weighted by Crippen LogP contribution is 2.26. The van der Waals surface area contributed by atoms with Gasteiger partial charge in [-0.05, 0) is 17.7 Å². The number of aliphatic hydroxyl groups is 1. The summed E-state index contributed by atoms with van der Waals surface area (Å²) in [4.78, 5) is -0.827. The Morgan fingerprint density at radius 2 is 2.08 bits per heavy atom. The molecular formula is C9H10Cl2O2. The Hall–Kier alpha value is -0.440. The molecule has 0 fully saturated rings. The van der Waals surface area contributed by atoms with Gasteiger partial charge in [-0.25, -0.2) is 0 Å². The molecule has 0 aliphatic carbocycles. The summed E-state index contributed by atoms with van der Waals surface area (Å²) in [7, 11) is 1.56. The van der Waals surface area contributed by atoms with Gasteiger partial charge in [0.2, 0.25) is 0 Å². The predicted octanol–water partition coefficient (Wildman–Crippen LogP) is 2.53. The Bertz CT molecular complexity index is 276. The number of rotatable bonds is 3. The highest BCUT2D eigenvalue weighted by molar-refractivity contribution is 6.44. The van der Waals surface area contributed by atoms with Gasteiger partial charge in [-0.2, -0.15) is 0 Å². The maximum absolute atomic E-state index is 9.50. The molecule has 0 aromatic heterocycles. The summed E-state index contributed by atoms with van der Waals surface area (Å²) in [5, 5.41) is 9.50. The van der Waals surface area contributed by atoms with Crippen molar-refractivity contribution in [1.29, 1.82) is 0 Å². The van der Waals surface area contributed by atoms with Crippen LogP contribution in [0.3, 0.4) is 0 Å². The second kappa shape index (κ2) is 4.70. The SMILES string of the molecule is COc1cccc(C(O)C(Cl)Cl)c1. The average Bonchev–Trinajstić information content (AvgIpc) is 2.16. The van der Waals surface area contributed by atoms with Crippen LogP contribution in [0, 0.1) is 0 Å². The number of methoxy groups -OCH3 is 1. The van der Waals surface area contributed by atoms with Crippen LogP contribution >= 0.6 is 23.2 Å². The molecule has 1 aromatic rings. The van der Waals surface area contributed by atoms with Crippen LogP contribution in [0.4, 0.5) is 0 Å². The van der Waals surface area contributed by atoms with E-state index in [0.29, 0.717) is 11.3 Å². The lowest BCUT2D eigenvalue weighted by atomic mass is 10.1. The third kappa shape index (κ3) is 2.76. The minimum Gasteiger partial charge on any atom is -0.497 e. The van der Waals surface area contributed by atoms with Crippen LogP contribution in [0.2, 0.25) is 0 Å². The van der Waals surface area contributed by atoms with Gasteiger partial charge in [0, 0.05) is 0 Å². The van der Waals surface area contributed by atoms with E-state index < -0.39 is 10.9 Å². The van der Waals surface area contributed by atoms with Gasteiger partial charge in [0.15, 0.2) is 0 Å². The molecular weight excluding hydrogens is 211 g/mol. The zero-order valence-corrected chi connectivity index (χ0v) is 8.59. The van der Waals surface area contributed by atoms with Crippen molar-refractivity contribution in [2.45, 2.75) is 10.9 Å². The summed E-state index contributed by atoms with van der Waals surface area (Å²) in [6, 6.07) is 6.99. The number of hydrogen-bond donors (Lipinski definition) is 1. The van der Waals surface area contributed by atoms with Crippen LogP contribution in [0.15, 0.2) is 24.3 Å². The highest BCUT2D eigenvalue weighted by atomic mass is 35.5. The maximum Gasteiger partial charge on any atom is 0.137 e. The van der Waals surface area contributed by atoms with Gasteiger partial charge in [0.05, 0.1) is 7.11 Å². The van der Waals surface area contributed by atoms with Crippen molar-refractivity contribution in [3.05, 3.63) is 29.8 Å². The van der Waals surface area contributed by atoms with Crippen LogP contribution in [0.1, 0.15) is 11.7 Å². The molecule has 2 nitrogen and oxygen atoms in total. The van der Waals surface area contributed by atoms with Crippen molar-refractivity contribution in [3.8, 4) is 5.75 Å². The first-order chi connectivity index (χ1) is 6.15. The molecule has 0 aliphatic heterocycles. The van der Waals surface area contributed by atoms with Crippen LogP contribution in [-0.4, -0.2) is 17.1 Å². The largest absolute Gasteiger partial charge is 0.497 e. The zero-order chi connectivity index (χ0) is 9.84. The number of hydrogen-bond acceptors (Lipinski definition) is 2. The lowest BCUT2D eigenvalue weighted by molar-refractivity contribution is 0.192. The van der Waals surface area contributed by atoms with E-state index in [9.17, 15) is 5.11 Å². The molecule has 0 saturated carbocycles. The number of benzene rings is 1. The molecule has 4 heteroatoms. The van der Waals surface area contributed by atoms with Crippen molar-refractivity contribution < 1.29 is 9.84 Å². The molecule has 1 rings (SSSR count). The monoisotopic (exact) mass is 220 g/mol. The number of alkyl halides is 2. The van der Waals surface area contributed by atoms with Crippen LogP contribution < -0.4 is 4.74 Å². The average molecular weight is 221 g/mol. The maximum atomic E-state index is 9.50. The summed E-state index contributed by atoms with van der Waals surface area (Å²) in [5.41, 5.74) is 0.648. The van der Waals surface area contributed by atoms with Crippen LogP contribution in [0.25, 0.3) is 0 Å². The molecule has 0 spiro atoms. The molecule has 0 aliphatic rings. The normalized spacial score (nSPS) is 13.0. The van der Waals surface area contributed by atoms with E-state index >= 15 is 0 Å². The number of ether oxygens (including phenoxy) is 1. The van der Waals surface area contributed by atoms with Crippen molar-refractivity contribution in [2.24, 2.45) is 0 Å². The standard InChI is InChI=1S/C9H10Cl2O2/c1-13-7-4-2-3-6(5-7)8(12)9(10)11/h2-5,8-9,12H,1H3. The molecule has 1 atom stereocenters. The third-order valence-electron chi connectivity index (χ3n) is 1.67. The van der Waals surface area contributed by atoms with Crippen molar-refractivity contribution in [2.75, 3.05) is 7.11 Å². The van der Waals surface area contributed by atoms with Gasteiger partial charge in [-0.15, -0.1) is 23.2 Å². The Morgan fingerprint density at radius 3 is 2.62 bits per heavy atom. The van der Waals surface area contributed by atoms with E-state index in [4.69, 9.17) is 27.9 Å². The van der Waals surface area contributed by atoms with Gasteiger partial charge in [-0.3, -0.25) is 0 Å². The predicted molar refractivity (Wildman–Crippen MR) is 53.4 cm³/mol. The van der Waals surface area contributed by atoms with Crippen LogP contribution in [-0.2, 0) is 0 Å². The molecule has 1 aromatic carbocycles. The Morgan fingerprint density at radius 1 is 1.38 bits per heavy atom. The van der Waals surface area contributed by atoms with Gasteiger partial charge < -0.3 is 9.84 Å².